The molecule has 0 aromatic heterocycles. The Labute approximate surface area is 172 Å². The molecular formula is C20H26FN3O4S. The third kappa shape index (κ3) is 4.39. The summed E-state index contributed by atoms with van der Waals surface area (Å²) in [6.45, 7) is 3.46. The molecule has 3 aliphatic rings. The number of benzene rings is 1. The van der Waals surface area contributed by atoms with Gasteiger partial charge in [-0.1, -0.05) is 0 Å². The van der Waals surface area contributed by atoms with Crippen molar-refractivity contribution in [1.29, 1.82) is 0 Å². The van der Waals surface area contributed by atoms with Gasteiger partial charge in [0.05, 0.1) is 24.5 Å². The zero-order chi connectivity index (χ0) is 20.5. The highest BCUT2D eigenvalue weighted by atomic mass is 32.2. The average molecular weight is 424 g/mol. The van der Waals surface area contributed by atoms with Gasteiger partial charge in [-0.25, -0.2) is 9.18 Å². The molecule has 0 aliphatic carbocycles. The van der Waals surface area contributed by atoms with Crippen LogP contribution in [0.2, 0.25) is 0 Å². The molecule has 2 amide bonds. The second-order valence-electron chi connectivity index (χ2n) is 8.04. The van der Waals surface area contributed by atoms with E-state index in [1.54, 1.807) is 12.1 Å². The monoisotopic (exact) mass is 423 g/mol. The number of hydrogen-bond acceptors (Lipinski definition) is 5. The Hall–Kier alpha value is -2.16. The maximum atomic E-state index is 14.9. The van der Waals surface area contributed by atoms with Crippen molar-refractivity contribution in [3.63, 3.8) is 0 Å². The van der Waals surface area contributed by atoms with Crippen LogP contribution in [0.1, 0.15) is 19.8 Å². The van der Waals surface area contributed by atoms with Crippen LogP contribution in [0.15, 0.2) is 18.2 Å². The highest BCUT2D eigenvalue weighted by Crippen LogP contribution is 2.36. The minimum Gasteiger partial charge on any atom is -0.442 e. The first-order chi connectivity index (χ1) is 13.9. The first kappa shape index (κ1) is 20.1. The van der Waals surface area contributed by atoms with Gasteiger partial charge in [-0.15, -0.1) is 0 Å². The van der Waals surface area contributed by atoms with Gasteiger partial charge < -0.3 is 15.0 Å². The average Bonchev–Trinajstić information content (AvgIpc) is 3.21. The summed E-state index contributed by atoms with van der Waals surface area (Å²) in [6.07, 6.45) is 0.875. The smallest absolute Gasteiger partial charge is 0.414 e. The molecule has 3 atom stereocenters. The number of amides is 2. The molecular weight excluding hydrogens is 397 g/mol. The molecule has 1 aromatic rings. The van der Waals surface area contributed by atoms with Crippen LogP contribution in [-0.4, -0.2) is 60.0 Å². The number of rotatable bonds is 4. The van der Waals surface area contributed by atoms with E-state index in [1.165, 1.54) is 17.9 Å². The van der Waals surface area contributed by atoms with Crippen LogP contribution in [-0.2, 0) is 20.3 Å². The summed E-state index contributed by atoms with van der Waals surface area (Å²) >= 11 is 0. The fourth-order valence-corrected chi connectivity index (χ4v) is 5.81. The van der Waals surface area contributed by atoms with E-state index in [-0.39, 0.29) is 24.8 Å². The van der Waals surface area contributed by atoms with Crippen molar-refractivity contribution in [3.8, 4) is 0 Å². The first-order valence-electron chi connectivity index (χ1n) is 10.0. The van der Waals surface area contributed by atoms with E-state index in [0.29, 0.717) is 23.2 Å². The molecule has 4 rings (SSSR count). The summed E-state index contributed by atoms with van der Waals surface area (Å²) in [4.78, 5) is 26.6. The van der Waals surface area contributed by atoms with Crippen LogP contribution in [0.5, 0.6) is 0 Å². The Kier molecular flexibility index (Phi) is 5.76. The van der Waals surface area contributed by atoms with Crippen molar-refractivity contribution < 1.29 is 22.9 Å². The summed E-state index contributed by atoms with van der Waals surface area (Å²) < 4.78 is 32.0. The third-order valence-electron chi connectivity index (χ3n) is 6.05. The number of cyclic esters (lactones) is 1. The molecule has 3 saturated heterocycles. The van der Waals surface area contributed by atoms with E-state index < -0.39 is 23.0 Å². The van der Waals surface area contributed by atoms with Crippen LogP contribution in [0.3, 0.4) is 0 Å². The Bertz CT molecular complexity index is 818. The lowest BCUT2D eigenvalue weighted by Gasteiger charge is -2.21. The molecule has 3 fully saturated rings. The molecule has 1 aromatic carbocycles. The molecule has 7 nitrogen and oxygen atoms in total. The van der Waals surface area contributed by atoms with Gasteiger partial charge in [-0.3, -0.25) is 13.9 Å². The Morgan fingerprint density at radius 1 is 1.24 bits per heavy atom. The van der Waals surface area contributed by atoms with E-state index in [0.717, 1.165) is 37.4 Å². The largest absolute Gasteiger partial charge is 0.442 e. The Balaban J connectivity index is 1.43. The van der Waals surface area contributed by atoms with Crippen LogP contribution in [0, 0.1) is 17.7 Å². The van der Waals surface area contributed by atoms with Gasteiger partial charge in [0.2, 0.25) is 5.91 Å². The van der Waals surface area contributed by atoms with Gasteiger partial charge in [0.1, 0.15) is 11.9 Å². The molecule has 29 heavy (non-hydrogen) atoms. The van der Waals surface area contributed by atoms with Gasteiger partial charge in [0, 0.05) is 42.3 Å². The number of ether oxygens (including phenoxy) is 1. The number of halogens is 1. The second-order valence-corrected chi connectivity index (χ2v) is 9.74. The molecule has 9 heteroatoms. The summed E-state index contributed by atoms with van der Waals surface area (Å²) in [5.74, 6) is 1.86. The highest BCUT2D eigenvalue weighted by Gasteiger charge is 2.36. The quantitative estimate of drug-likeness (QED) is 0.800. The maximum Gasteiger partial charge on any atom is 0.414 e. The molecule has 1 N–H and O–H groups in total. The van der Waals surface area contributed by atoms with Crippen molar-refractivity contribution in [1.82, 2.24) is 5.32 Å². The van der Waals surface area contributed by atoms with E-state index >= 15 is 0 Å². The lowest BCUT2D eigenvalue weighted by Crippen LogP contribution is -2.33. The van der Waals surface area contributed by atoms with E-state index in [4.69, 9.17) is 4.74 Å². The minimum absolute atomic E-state index is 0.192. The molecule has 0 bridgehead atoms. The number of hydrogen-bond donors (Lipinski definition) is 1. The third-order valence-corrected chi connectivity index (χ3v) is 7.43. The molecule has 0 radical (unpaired) electrons. The fourth-order valence-electron chi connectivity index (χ4n) is 4.47. The van der Waals surface area contributed by atoms with Crippen molar-refractivity contribution in [2.45, 2.75) is 25.9 Å². The van der Waals surface area contributed by atoms with E-state index in [9.17, 15) is 18.2 Å². The molecule has 2 unspecified atom stereocenters. The van der Waals surface area contributed by atoms with E-state index in [1.807, 2.05) is 0 Å². The predicted octanol–water partition coefficient (Wildman–Crippen LogP) is 1.88. The fraction of sp³-hybridized carbons (Fsp3) is 0.600. The van der Waals surface area contributed by atoms with Crippen LogP contribution >= 0.6 is 0 Å². The number of carbonyl (C=O) groups is 2. The Morgan fingerprint density at radius 3 is 2.55 bits per heavy atom. The summed E-state index contributed by atoms with van der Waals surface area (Å²) in [7, 11) is -0.707. The summed E-state index contributed by atoms with van der Waals surface area (Å²) in [5.41, 5.74) is 0.996. The number of anilines is 2. The predicted molar refractivity (Wildman–Crippen MR) is 109 cm³/mol. The van der Waals surface area contributed by atoms with Crippen molar-refractivity contribution in [2.75, 3.05) is 47.5 Å². The SMILES string of the molecule is CC(=O)NC[C@H]1CN(c2ccc(N3CC4CCS(=O)CCC4C3)c(F)c2)C(=O)O1. The standard InChI is InChI=1S/C20H26FN3O4S/c1-13(25)22-9-17-12-24(20(26)28-17)16-2-3-19(18(21)8-16)23-10-14-4-6-29(27)7-5-15(14)11-23/h2-3,8,14-15,17H,4-7,9-12H2,1H3,(H,22,25)/t14?,15?,17-,29?/m0/s1. The zero-order valence-corrected chi connectivity index (χ0v) is 17.3. The first-order valence-corrected chi connectivity index (χ1v) is 11.5. The van der Waals surface area contributed by atoms with Gasteiger partial charge in [-0.05, 0) is 42.9 Å². The second kappa shape index (κ2) is 8.30. The minimum atomic E-state index is -0.707. The van der Waals surface area contributed by atoms with Crippen LogP contribution in [0.4, 0.5) is 20.6 Å². The lowest BCUT2D eigenvalue weighted by molar-refractivity contribution is -0.119. The zero-order valence-electron chi connectivity index (χ0n) is 16.4. The lowest BCUT2D eigenvalue weighted by atomic mass is 9.92. The van der Waals surface area contributed by atoms with Gasteiger partial charge in [0.15, 0.2) is 0 Å². The summed E-state index contributed by atoms with van der Waals surface area (Å²) in [5, 5.41) is 2.63. The van der Waals surface area contributed by atoms with Crippen LogP contribution in [0.25, 0.3) is 0 Å². The highest BCUT2D eigenvalue weighted by molar-refractivity contribution is 7.84. The molecule has 0 spiro atoms. The van der Waals surface area contributed by atoms with E-state index in [2.05, 4.69) is 10.2 Å². The number of nitrogens with one attached hydrogen (secondary N) is 1. The van der Waals surface area contributed by atoms with Crippen molar-refractivity contribution >= 4 is 34.2 Å². The topological polar surface area (TPSA) is 79.0 Å². The molecule has 0 saturated carbocycles. The van der Waals surface area contributed by atoms with Gasteiger partial charge >= 0.3 is 6.09 Å². The maximum absolute atomic E-state index is 14.9. The summed E-state index contributed by atoms with van der Waals surface area (Å²) in [6, 6.07) is 4.84. The molecule has 3 heterocycles. The number of fused-ring (bicyclic) bond motifs is 1. The number of nitrogens with zero attached hydrogens (tertiary/aromatic N) is 2. The van der Waals surface area contributed by atoms with Crippen molar-refractivity contribution in [3.05, 3.63) is 24.0 Å². The van der Waals surface area contributed by atoms with Gasteiger partial charge in [-0.2, -0.15) is 0 Å². The van der Waals surface area contributed by atoms with Gasteiger partial charge in [0.25, 0.3) is 0 Å². The normalized spacial score (nSPS) is 29.4. The van der Waals surface area contributed by atoms with Crippen LogP contribution < -0.4 is 15.1 Å². The molecule has 3 aliphatic heterocycles. The molecule has 158 valence electrons. The Morgan fingerprint density at radius 2 is 1.93 bits per heavy atom. The van der Waals surface area contributed by atoms with Crippen molar-refractivity contribution in [2.24, 2.45) is 11.8 Å². The number of carbonyl (C=O) groups excluding carboxylic acids is 2.